The topological polar surface area (TPSA) is 15.3 Å². The molecule has 2 atom stereocenters. The summed E-state index contributed by atoms with van der Waals surface area (Å²) in [5.41, 5.74) is 4.48. The molecule has 0 radical (unpaired) electrons. The van der Waals surface area contributed by atoms with Crippen LogP contribution in [0.15, 0.2) is 18.2 Å². The number of aryl methyl sites for hydroxylation is 1. The minimum atomic E-state index is 0.630. The summed E-state index contributed by atoms with van der Waals surface area (Å²) in [5.74, 6) is 0.630. The van der Waals surface area contributed by atoms with E-state index in [1.807, 2.05) is 0 Å². The summed E-state index contributed by atoms with van der Waals surface area (Å²) in [7, 11) is 0. The third-order valence-electron chi connectivity index (χ3n) is 4.52. The first-order valence-corrected chi connectivity index (χ1v) is 7.32. The monoisotopic (exact) mass is 244 g/mol. The molecule has 0 aliphatic carbocycles. The van der Waals surface area contributed by atoms with Gasteiger partial charge in [-0.2, -0.15) is 0 Å². The fourth-order valence-electron chi connectivity index (χ4n) is 3.52. The van der Waals surface area contributed by atoms with Gasteiger partial charge in [-0.3, -0.25) is 0 Å². The molecule has 1 aromatic rings. The third-order valence-corrected chi connectivity index (χ3v) is 4.52. The van der Waals surface area contributed by atoms with Crippen molar-refractivity contribution < 1.29 is 0 Å². The zero-order valence-electron chi connectivity index (χ0n) is 11.7. The highest BCUT2D eigenvalue weighted by Gasteiger charge is 2.37. The molecule has 2 heterocycles. The summed E-state index contributed by atoms with van der Waals surface area (Å²) < 4.78 is 0. The van der Waals surface area contributed by atoms with Crippen LogP contribution in [0.4, 0.5) is 5.69 Å². The highest BCUT2D eigenvalue weighted by Crippen LogP contribution is 2.32. The molecule has 2 saturated heterocycles. The van der Waals surface area contributed by atoms with Crippen LogP contribution in [0.5, 0.6) is 0 Å². The quantitative estimate of drug-likeness (QED) is 0.879. The average molecular weight is 244 g/mol. The molecule has 2 fully saturated rings. The predicted octanol–water partition coefficient (Wildman–Crippen LogP) is 2.92. The van der Waals surface area contributed by atoms with E-state index in [4.69, 9.17) is 0 Å². The van der Waals surface area contributed by atoms with Crippen LogP contribution in [-0.4, -0.2) is 25.2 Å². The number of anilines is 1. The molecule has 2 aliphatic heterocycles. The fourth-order valence-corrected chi connectivity index (χ4v) is 3.52. The molecule has 0 spiro atoms. The van der Waals surface area contributed by atoms with Gasteiger partial charge in [-0.15, -0.1) is 0 Å². The summed E-state index contributed by atoms with van der Waals surface area (Å²) in [6.07, 6.45) is 2.47. The van der Waals surface area contributed by atoms with E-state index in [0.29, 0.717) is 5.92 Å². The first-order chi connectivity index (χ1) is 8.69. The van der Waals surface area contributed by atoms with E-state index in [2.05, 4.69) is 49.2 Å². The molecule has 2 bridgehead atoms. The van der Waals surface area contributed by atoms with E-state index < -0.39 is 0 Å². The Morgan fingerprint density at radius 3 is 2.78 bits per heavy atom. The number of benzene rings is 1. The second-order valence-electron chi connectivity index (χ2n) is 6.04. The molecule has 1 aromatic carbocycles. The Kier molecular flexibility index (Phi) is 3.06. The van der Waals surface area contributed by atoms with E-state index in [1.165, 1.54) is 29.8 Å². The van der Waals surface area contributed by atoms with Gasteiger partial charge in [0, 0.05) is 30.9 Å². The first-order valence-electron chi connectivity index (χ1n) is 7.32. The number of hydrogen-bond acceptors (Lipinski definition) is 2. The van der Waals surface area contributed by atoms with Crippen LogP contribution in [0.1, 0.15) is 44.2 Å². The first kappa shape index (κ1) is 12.0. The summed E-state index contributed by atoms with van der Waals surface area (Å²) in [4.78, 5) is 2.60. The molecule has 18 heavy (non-hydrogen) atoms. The van der Waals surface area contributed by atoms with E-state index in [1.54, 1.807) is 0 Å². The van der Waals surface area contributed by atoms with Crippen LogP contribution in [0, 0.1) is 0 Å². The van der Waals surface area contributed by atoms with Crippen molar-refractivity contribution in [3.63, 3.8) is 0 Å². The average Bonchev–Trinajstić information content (AvgIpc) is 3.00. The fraction of sp³-hybridized carbons (Fsp3) is 0.625. The lowest BCUT2D eigenvalue weighted by atomic mass is 9.95. The summed E-state index contributed by atoms with van der Waals surface area (Å²) in [5, 5.41) is 3.57. The molecular weight excluding hydrogens is 220 g/mol. The van der Waals surface area contributed by atoms with Crippen molar-refractivity contribution in [3.8, 4) is 0 Å². The van der Waals surface area contributed by atoms with E-state index in [9.17, 15) is 0 Å². The van der Waals surface area contributed by atoms with Gasteiger partial charge >= 0.3 is 0 Å². The highest BCUT2D eigenvalue weighted by molar-refractivity contribution is 5.54. The molecule has 0 saturated carbocycles. The van der Waals surface area contributed by atoms with Gasteiger partial charge in [0.15, 0.2) is 0 Å². The maximum Gasteiger partial charge on any atom is 0.0430 e. The number of nitrogens with zero attached hydrogens (tertiary/aromatic N) is 1. The largest absolute Gasteiger partial charge is 0.366 e. The normalized spacial score (nSPS) is 26.3. The molecular formula is C16H24N2. The number of fused-ring (bicyclic) bond motifs is 2. The van der Waals surface area contributed by atoms with Crippen LogP contribution >= 0.6 is 0 Å². The van der Waals surface area contributed by atoms with Crippen molar-refractivity contribution in [1.82, 2.24) is 5.32 Å². The van der Waals surface area contributed by atoms with Gasteiger partial charge in [0.25, 0.3) is 0 Å². The van der Waals surface area contributed by atoms with Crippen molar-refractivity contribution in [3.05, 3.63) is 29.3 Å². The van der Waals surface area contributed by atoms with Crippen molar-refractivity contribution in [2.75, 3.05) is 18.0 Å². The van der Waals surface area contributed by atoms with E-state index in [0.717, 1.165) is 25.0 Å². The summed E-state index contributed by atoms with van der Waals surface area (Å²) in [6, 6.07) is 8.55. The molecule has 0 aromatic heterocycles. The maximum absolute atomic E-state index is 3.57. The van der Waals surface area contributed by atoms with Crippen LogP contribution in [0.2, 0.25) is 0 Å². The number of rotatable bonds is 3. The standard InChI is InChI=1S/C16H24N2/c1-4-12-7-14(5-6-16(12)11(2)3)18-10-13-8-15(18)9-17-13/h5-7,11,13,15,17H,4,8-10H2,1-3H3/t13-,15-/m1/s1. The van der Waals surface area contributed by atoms with Crippen molar-refractivity contribution in [1.29, 1.82) is 0 Å². The molecule has 1 N–H and O–H groups in total. The summed E-state index contributed by atoms with van der Waals surface area (Å²) in [6.45, 7) is 9.20. The zero-order chi connectivity index (χ0) is 12.7. The molecule has 0 amide bonds. The lowest BCUT2D eigenvalue weighted by Crippen LogP contribution is -2.43. The van der Waals surface area contributed by atoms with E-state index in [-0.39, 0.29) is 0 Å². The van der Waals surface area contributed by atoms with Crippen molar-refractivity contribution in [2.24, 2.45) is 0 Å². The number of piperazine rings is 1. The van der Waals surface area contributed by atoms with Crippen LogP contribution in [0.3, 0.4) is 0 Å². The van der Waals surface area contributed by atoms with Crippen molar-refractivity contribution >= 4 is 5.69 Å². The van der Waals surface area contributed by atoms with E-state index >= 15 is 0 Å². The van der Waals surface area contributed by atoms with Gasteiger partial charge in [-0.25, -0.2) is 0 Å². The minimum Gasteiger partial charge on any atom is -0.366 e. The molecule has 2 nitrogen and oxygen atoms in total. The molecule has 3 rings (SSSR count). The van der Waals surface area contributed by atoms with Crippen molar-refractivity contribution in [2.45, 2.75) is 51.6 Å². The van der Waals surface area contributed by atoms with Gasteiger partial charge in [0.05, 0.1) is 0 Å². The van der Waals surface area contributed by atoms with Gasteiger partial charge < -0.3 is 10.2 Å². The molecule has 0 unspecified atom stereocenters. The Hall–Kier alpha value is -1.02. The second kappa shape index (κ2) is 4.58. The summed E-state index contributed by atoms with van der Waals surface area (Å²) >= 11 is 0. The zero-order valence-corrected chi connectivity index (χ0v) is 11.7. The number of hydrogen-bond donors (Lipinski definition) is 1. The third kappa shape index (κ3) is 1.93. The van der Waals surface area contributed by atoms with Crippen LogP contribution in [0.25, 0.3) is 0 Å². The Labute approximate surface area is 110 Å². The van der Waals surface area contributed by atoms with Gasteiger partial charge in [0.2, 0.25) is 0 Å². The van der Waals surface area contributed by atoms with Gasteiger partial charge in [-0.1, -0.05) is 26.8 Å². The van der Waals surface area contributed by atoms with Gasteiger partial charge in [-0.05, 0) is 42.0 Å². The Balaban J connectivity index is 1.89. The van der Waals surface area contributed by atoms with Crippen LogP contribution in [-0.2, 0) is 6.42 Å². The predicted molar refractivity (Wildman–Crippen MR) is 77.5 cm³/mol. The second-order valence-corrected chi connectivity index (χ2v) is 6.04. The Morgan fingerprint density at radius 2 is 2.22 bits per heavy atom. The molecule has 98 valence electrons. The Morgan fingerprint density at radius 1 is 1.39 bits per heavy atom. The SMILES string of the molecule is CCc1cc(N2C[C@H]3C[C@@H]2CN3)ccc1C(C)C. The highest BCUT2D eigenvalue weighted by atomic mass is 15.3. The molecule has 2 heteroatoms. The lowest BCUT2D eigenvalue weighted by molar-refractivity contribution is 0.580. The number of nitrogens with one attached hydrogen (secondary N) is 1. The minimum absolute atomic E-state index is 0.630. The van der Waals surface area contributed by atoms with Crippen LogP contribution < -0.4 is 10.2 Å². The Bertz CT molecular complexity index is 439. The maximum atomic E-state index is 3.57. The molecule has 2 aliphatic rings. The smallest absolute Gasteiger partial charge is 0.0430 e. The lowest BCUT2D eigenvalue weighted by Gasteiger charge is -2.30. The van der Waals surface area contributed by atoms with Gasteiger partial charge in [0.1, 0.15) is 0 Å².